The molecule has 0 fully saturated rings. The molecule has 0 N–H and O–H groups in total. The first-order valence-electron chi connectivity index (χ1n) is 4.39. The van der Waals surface area contributed by atoms with Crippen molar-refractivity contribution in [2.24, 2.45) is 0 Å². The maximum Gasteiger partial charge on any atom is 0.410 e. The Morgan fingerprint density at radius 2 is 2.35 bits per heavy atom. The second kappa shape index (κ2) is 4.68. The van der Waals surface area contributed by atoms with Gasteiger partial charge in [-0.2, -0.15) is 9.94 Å². The van der Waals surface area contributed by atoms with E-state index in [0.717, 1.165) is 10.9 Å². The molecule has 1 unspecified atom stereocenters. The summed E-state index contributed by atoms with van der Waals surface area (Å²) in [6, 6.07) is 1.06. The van der Waals surface area contributed by atoms with Gasteiger partial charge in [-0.25, -0.2) is 8.42 Å². The smallest absolute Gasteiger partial charge is 0.358 e. The maximum atomic E-state index is 11.1. The fourth-order valence-electron chi connectivity index (χ4n) is 1.16. The lowest BCUT2D eigenvalue weighted by Crippen LogP contribution is -2.06. The largest absolute Gasteiger partial charge is 0.410 e. The fourth-order valence-corrected chi connectivity index (χ4v) is 2.05. The van der Waals surface area contributed by atoms with Gasteiger partial charge in [-0.1, -0.05) is 6.92 Å². The van der Waals surface area contributed by atoms with Crippen LogP contribution in [0, 0.1) is 21.4 Å². The molecule has 1 aromatic heterocycles. The quantitative estimate of drug-likeness (QED) is 0.463. The summed E-state index contributed by atoms with van der Waals surface area (Å²) in [7, 11) is 0.774. The summed E-state index contributed by atoms with van der Waals surface area (Å²) in [4.78, 5) is 8.93. The van der Waals surface area contributed by atoms with E-state index in [1.165, 1.54) is 0 Å². The molecule has 0 saturated heterocycles. The lowest BCUT2D eigenvalue weighted by Gasteiger charge is -1.99. The monoisotopic (exact) mass is 278 g/mol. The van der Waals surface area contributed by atoms with Gasteiger partial charge in [-0.15, -0.1) is 0 Å². The lowest BCUT2D eigenvalue weighted by atomic mass is 10.3. The maximum absolute atomic E-state index is 11.1. The van der Waals surface area contributed by atoms with Gasteiger partial charge in [-0.05, 0) is 11.3 Å². The van der Waals surface area contributed by atoms with Crippen molar-refractivity contribution in [3.63, 3.8) is 0 Å². The topological polar surface area (TPSA) is 119 Å². The average molecular weight is 279 g/mol. The Morgan fingerprint density at radius 3 is 2.65 bits per heavy atom. The molecule has 0 saturated carbocycles. The molecule has 0 aliphatic carbocycles. The van der Waals surface area contributed by atoms with Gasteiger partial charge in [-0.3, -0.25) is 0 Å². The van der Waals surface area contributed by atoms with Crippen LogP contribution < -0.4 is 0 Å². The predicted octanol–water partition coefficient (Wildman–Crippen LogP) is 1.19. The highest BCUT2D eigenvalue weighted by molar-refractivity contribution is 8.13. The number of nitro groups is 1. The van der Waals surface area contributed by atoms with Crippen LogP contribution in [0.3, 0.4) is 0 Å². The van der Waals surface area contributed by atoms with Crippen LogP contribution in [0.15, 0.2) is 11.1 Å². The molecule has 0 radical (unpaired) electrons. The first-order valence-corrected chi connectivity index (χ1v) is 6.70. The molecular formula is C7H7ClN4O4S. The van der Waals surface area contributed by atoms with Crippen LogP contribution in [-0.4, -0.2) is 23.1 Å². The number of nitriles is 1. The molecule has 1 atom stereocenters. The Labute approximate surface area is 101 Å². The molecule has 1 rings (SSSR count). The minimum Gasteiger partial charge on any atom is -0.358 e. The van der Waals surface area contributed by atoms with Crippen molar-refractivity contribution in [3.05, 3.63) is 16.3 Å². The first kappa shape index (κ1) is 13.4. The number of hydrogen-bond acceptors (Lipinski definition) is 6. The third-order valence-corrected chi connectivity index (χ3v) is 3.28. The van der Waals surface area contributed by atoms with E-state index in [4.69, 9.17) is 15.9 Å². The highest BCUT2D eigenvalue weighted by Crippen LogP contribution is 2.26. The Morgan fingerprint density at radius 1 is 1.76 bits per heavy atom. The van der Waals surface area contributed by atoms with E-state index in [1.807, 2.05) is 6.07 Å². The molecule has 0 amide bonds. The molecule has 0 aliphatic rings. The summed E-state index contributed by atoms with van der Waals surface area (Å²) in [5.74, 6) is -0.881. The van der Waals surface area contributed by atoms with Crippen LogP contribution >= 0.6 is 10.7 Å². The Hall–Kier alpha value is -1.66. The molecule has 1 aromatic rings. The van der Waals surface area contributed by atoms with Gasteiger partial charge in [0.25, 0.3) is 9.05 Å². The van der Waals surface area contributed by atoms with E-state index >= 15 is 0 Å². The number of aromatic nitrogens is 2. The summed E-state index contributed by atoms with van der Waals surface area (Å²) in [5.41, 5.74) is 0. The van der Waals surface area contributed by atoms with Crippen LogP contribution in [0.4, 0.5) is 5.82 Å². The number of halogens is 1. The van der Waals surface area contributed by atoms with Gasteiger partial charge in [0.15, 0.2) is 6.04 Å². The van der Waals surface area contributed by atoms with Gasteiger partial charge in [0.2, 0.25) is 4.90 Å². The zero-order valence-electron chi connectivity index (χ0n) is 8.57. The molecule has 8 nitrogen and oxygen atoms in total. The van der Waals surface area contributed by atoms with E-state index in [9.17, 15) is 18.5 Å². The third-order valence-electron chi connectivity index (χ3n) is 1.97. The predicted molar refractivity (Wildman–Crippen MR) is 56.9 cm³/mol. The minimum absolute atomic E-state index is 0.330. The number of hydrogen-bond donors (Lipinski definition) is 0. The molecule has 10 heteroatoms. The molecule has 0 aromatic carbocycles. The van der Waals surface area contributed by atoms with E-state index in [1.54, 1.807) is 6.92 Å². The highest BCUT2D eigenvalue weighted by Gasteiger charge is 2.31. The third kappa shape index (κ3) is 2.72. The van der Waals surface area contributed by atoms with Gasteiger partial charge in [0.1, 0.15) is 0 Å². The average Bonchev–Trinajstić information content (AvgIpc) is 2.64. The molecule has 0 spiro atoms. The summed E-state index contributed by atoms with van der Waals surface area (Å²) in [6.07, 6.45) is 1.22. The molecule has 0 bridgehead atoms. The highest BCUT2D eigenvalue weighted by atomic mass is 35.7. The molecule has 1 heterocycles. The zero-order chi connectivity index (χ0) is 13.2. The van der Waals surface area contributed by atoms with Gasteiger partial charge < -0.3 is 10.1 Å². The molecular weight excluding hydrogens is 272 g/mol. The SMILES string of the molecule is CCC(C#N)n1cc(S(=O)(=O)Cl)c([N+](=O)[O-])n1. The van der Waals surface area contributed by atoms with E-state index in [2.05, 4.69) is 5.10 Å². The van der Waals surface area contributed by atoms with E-state index < -0.39 is 30.7 Å². The van der Waals surface area contributed by atoms with Gasteiger partial charge >= 0.3 is 5.82 Å². The standard InChI is InChI=1S/C7H7ClN4O4S/c1-2-5(3-9)11-4-6(17(8,15)16)7(10-11)12(13)14/h4-5H,2H2,1H3. The fraction of sp³-hybridized carbons (Fsp3) is 0.429. The first-order chi connectivity index (χ1) is 7.81. The van der Waals surface area contributed by atoms with Crippen molar-refractivity contribution in [1.29, 1.82) is 5.26 Å². The van der Waals surface area contributed by atoms with E-state index in [0.29, 0.717) is 6.42 Å². The number of nitrogens with zero attached hydrogens (tertiary/aromatic N) is 4. The van der Waals surface area contributed by atoms with Crippen LogP contribution in [-0.2, 0) is 9.05 Å². The second-order valence-corrected chi connectivity index (χ2v) is 5.58. The van der Waals surface area contributed by atoms with Crippen molar-refractivity contribution in [3.8, 4) is 6.07 Å². The Balaban J connectivity index is 3.43. The van der Waals surface area contributed by atoms with Crippen LogP contribution in [0.25, 0.3) is 0 Å². The Kier molecular flexibility index (Phi) is 3.69. The van der Waals surface area contributed by atoms with Gasteiger partial charge in [0.05, 0.1) is 17.4 Å². The van der Waals surface area contributed by atoms with Crippen molar-refractivity contribution in [2.75, 3.05) is 0 Å². The summed E-state index contributed by atoms with van der Waals surface area (Å²) in [5, 5.41) is 22.8. The Bertz CT molecular complexity index is 588. The van der Waals surface area contributed by atoms with Gasteiger partial charge in [0, 0.05) is 10.7 Å². The normalized spacial score (nSPS) is 13.0. The van der Waals surface area contributed by atoms with Crippen molar-refractivity contribution in [1.82, 2.24) is 9.78 Å². The second-order valence-electron chi connectivity index (χ2n) is 3.05. The van der Waals surface area contributed by atoms with E-state index in [-0.39, 0.29) is 0 Å². The summed E-state index contributed by atoms with van der Waals surface area (Å²) in [6.45, 7) is 1.66. The van der Waals surface area contributed by atoms with Crippen LogP contribution in [0.2, 0.25) is 0 Å². The van der Waals surface area contributed by atoms with Crippen LogP contribution in [0.1, 0.15) is 19.4 Å². The van der Waals surface area contributed by atoms with Crippen molar-refractivity contribution >= 4 is 25.6 Å². The summed E-state index contributed by atoms with van der Waals surface area (Å²) < 4.78 is 23.1. The zero-order valence-corrected chi connectivity index (χ0v) is 10.1. The molecule has 17 heavy (non-hydrogen) atoms. The lowest BCUT2D eigenvalue weighted by molar-refractivity contribution is -0.392. The number of rotatable bonds is 4. The minimum atomic E-state index is -4.27. The van der Waals surface area contributed by atoms with Crippen molar-refractivity contribution < 1.29 is 13.3 Å². The van der Waals surface area contributed by atoms with Crippen LogP contribution in [0.5, 0.6) is 0 Å². The summed E-state index contributed by atoms with van der Waals surface area (Å²) >= 11 is 0. The molecule has 0 aliphatic heterocycles. The van der Waals surface area contributed by atoms with Crippen molar-refractivity contribution in [2.45, 2.75) is 24.3 Å². The molecule has 92 valence electrons.